The Morgan fingerprint density at radius 1 is 1.21 bits per heavy atom. The Morgan fingerprint density at radius 2 is 1.88 bits per heavy atom. The van der Waals surface area contributed by atoms with Crippen LogP contribution in [0.2, 0.25) is 0 Å². The van der Waals surface area contributed by atoms with Gasteiger partial charge in [0.25, 0.3) is 5.56 Å². The first kappa shape index (κ1) is 16.2. The molecule has 0 unspecified atom stereocenters. The van der Waals surface area contributed by atoms with Gasteiger partial charge in [-0.15, -0.1) is 0 Å². The molecule has 0 saturated heterocycles. The second-order valence-electron chi connectivity index (χ2n) is 5.43. The minimum atomic E-state index is -3.63. The predicted molar refractivity (Wildman–Crippen MR) is 88.0 cm³/mol. The van der Waals surface area contributed by atoms with E-state index >= 15 is 0 Å². The van der Waals surface area contributed by atoms with Crippen LogP contribution in [0.5, 0.6) is 5.75 Å². The molecule has 0 radical (unpaired) electrons. The summed E-state index contributed by atoms with van der Waals surface area (Å²) in [5, 5.41) is 3.69. The third-order valence-electron chi connectivity index (χ3n) is 3.64. The fraction of sp³-hybridized carbons (Fsp3) is 0.267. The third kappa shape index (κ3) is 2.78. The van der Waals surface area contributed by atoms with Crippen LogP contribution in [0.3, 0.4) is 0 Å². The highest BCUT2D eigenvalue weighted by Gasteiger charge is 2.22. The quantitative estimate of drug-likeness (QED) is 0.685. The second-order valence-corrected chi connectivity index (χ2v) is 7.36. The minimum Gasteiger partial charge on any atom is -0.497 e. The number of benzene rings is 1. The van der Waals surface area contributed by atoms with Gasteiger partial charge in [-0.2, -0.15) is 5.10 Å². The minimum absolute atomic E-state index is 0.0102. The molecule has 1 aromatic carbocycles. The number of fused-ring (bicyclic) bond motifs is 1. The van der Waals surface area contributed by atoms with Crippen molar-refractivity contribution in [1.29, 1.82) is 0 Å². The molecule has 126 valence electrons. The zero-order chi connectivity index (χ0) is 17.5. The number of rotatable bonds is 4. The van der Waals surface area contributed by atoms with E-state index in [2.05, 4.69) is 10.1 Å². The van der Waals surface area contributed by atoms with Gasteiger partial charge in [0.2, 0.25) is 0 Å². The van der Waals surface area contributed by atoms with Crippen molar-refractivity contribution in [3.8, 4) is 5.75 Å². The molecule has 2 heterocycles. The molecule has 9 heteroatoms. The monoisotopic (exact) mass is 348 g/mol. The van der Waals surface area contributed by atoms with Crippen LogP contribution in [0.15, 0.2) is 40.4 Å². The molecular weight excluding hydrogens is 332 g/mol. The average Bonchev–Trinajstić information content (AvgIpc) is 2.89. The highest BCUT2D eigenvalue weighted by atomic mass is 32.2. The van der Waals surface area contributed by atoms with Crippen molar-refractivity contribution >= 4 is 20.9 Å². The maximum atomic E-state index is 12.7. The SMILES string of the molecule is COc1ccc(Cn2cnc3c(c(S(C)(=O)=O)nn3C)c2=O)cc1. The maximum absolute atomic E-state index is 12.7. The lowest BCUT2D eigenvalue weighted by atomic mass is 10.2. The molecule has 24 heavy (non-hydrogen) atoms. The molecule has 0 N–H and O–H groups in total. The van der Waals surface area contributed by atoms with E-state index in [4.69, 9.17) is 4.74 Å². The number of aromatic nitrogens is 4. The van der Waals surface area contributed by atoms with E-state index < -0.39 is 15.4 Å². The second kappa shape index (κ2) is 5.75. The number of hydrogen-bond donors (Lipinski definition) is 0. The van der Waals surface area contributed by atoms with Gasteiger partial charge in [0, 0.05) is 13.3 Å². The van der Waals surface area contributed by atoms with Crippen molar-refractivity contribution < 1.29 is 13.2 Å². The van der Waals surface area contributed by atoms with Crippen LogP contribution in [0.1, 0.15) is 5.56 Å². The molecule has 0 saturated carbocycles. The summed E-state index contributed by atoms with van der Waals surface area (Å²) in [4.78, 5) is 16.9. The molecule has 0 spiro atoms. The zero-order valence-corrected chi connectivity index (χ0v) is 14.2. The van der Waals surface area contributed by atoms with Crippen LogP contribution in [-0.4, -0.2) is 41.1 Å². The van der Waals surface area contributed by atoms with E-state index in [0.717, 1.165) is 11.8 Å². The highest BCUT2D eigenvalue weighted by molar-refractivity contribution is 7.90. The number of methoxy groups -OCH3 is 1. The molecule has 0 aliphatic rings. The molecule has 0 fully saturated rings. The third-order valence-corrected chi connectivity index (χ3v) is 4.63. The van der Waals surface area contributed by atoms with Gasteiger partial charge in [0.1, 0.15) is 17.5 Å². The Balaban J connectivity index is 2.13. The van der Waals surface area contributed by atoms with E-state index in [1.807, 2.05) is 12.1 Å². The van der Waals surface area contributed by atoms with Crippen molar-refractivity contribution in [3.63, 3.8) is 0 Å². The number of ether oxygens (including phenoxy) is 1. The summed E-state index contributed by atoms with van der Waals surface area (Å²) in [5.74, 6) is 0.714. The number of hydrogen-bond acceptors (Lipinski definition) is 6. The van der Waals surface area contributed by atoms with Crippen molar-refractivity contribution in [3.05, 3.63) is 46.5 Å². The fourth-order valence-electron chi connectivity index (χ4n) is 2.45. The Kier molecular flexibility index (Phi) is 3.88. The van der Waals surface area contributed by atoms with Gasteiger partial charge in [0.05, 0.1) is 13.7 Å². The largest absolute Gasteiger partial charge is 0.497 e. The van der Waals surface area contributed by atoms with Crippen molar-refractivity contribution in [2.24, 2.45) is 7.05 Å². The van der Waals surface area contributed by atoms with Crippen LogP contribution in [0, 0.1) is 0 Å². The lowest BCUT2D eigenvalue weighted by molar-refractivity contribution is 0.414. The van der Waals surface area contributed by atoms with Gasteiger partial charge in [0.15, 0.2) is 20.5 Å². The van der Waals surface area contributed by atoms with Crippen LogP contribution in [0.25, 0.3) is 11.0 Å². The lowest BCUT2D eigenvalue weighted by Crippen LogP contribution is -2.22. The molecule has 3 aromatic rings. The van der Waals surface area contributed by atoms with Gasteiger partial charge >= 0.3 is 0 Å². The standard InChI is InChI=1S/C15H16N4O4S/c1-18-13-12(14(17-18)24(3,21)22)15(20)19(9-16-13)8-10-4-6-11(23-2)7-5-10/h4-7,9H,8H2,1-3H3. The Morgan fingerprint density at radius 3 is 2.46 bits per heavy atom. The van der Waals surface area contributed by atoms with Crippen molar-refractivity contribution in [1.82, 2.24) is 19.3 Å². The van der Waals surface area contributed by atoms with Crippen LogP contribution in [-0.2, 0) is 23.4 Å². The number of nitrogens with zero attached hydrogens (tertiary/aromatic N) is 4. The molecular formula is C15H16N4O4S. The molecule has 2 aromatic heterocycles. The van der Waals surface area contributed by atoms with E-state index in [1.165, 1.54) is 15.6 Å². The van der Waals surface area contributed by atoms with Gasteiger partial charge in [-0.05, 0) is 17.7 Å². The first-order chi connectivity index (χ1) is 11.3. The van der Waals surface area contributed by atoms with Gasteiger partial charge < -0.3 is 4.74 Å². The lowest BCUT2D eigenvalue weighted by Gasteiger charge is -2.07. The highest BCUT2D eigenvalue weighted by Crippen LogP contribution is 2.17. The summed E-state index contributed by atoms with van der Waals surface area (Å²) in [6.45, 7) is 0.268. The van der Waals surface area contributed by atoms with E-state index in [1.54, 1.807) is 26.3 Å². The van der Waals surface area contributed by atoms with E-state index in [9.17, 15) is 13.2 Å². The van der Waals surface area contributed by atoms with Crippen molar-refractivity contribution in [2.45, 2.75) is 11.6 Å². The molecule has 0 amide bonds. The first-order valence-corrected chi connectivity index (χ1v) is 8.95. The van der Waals surface area contributed by atoms with Crippen molar-refractivity contribution in [2.75, 3.05) is 13.4 Å². The predicted octanol–water partition coefficient (Wildman–Crippen LogP) is 0.590. The smallest absolute Gasteiger partial charge is 0.266 e. The van der Waals surface area contributed by atoms with Gasteiger partial charge in [-0.3, -0.25) is 9.36 Å². The fourth-order valence-corrected chi connectivity index (χ4v) is 3.27. The summed E-state index contributed by atoms with van der Waals surface area (Å²) in [6, 6.07) is 7.24. The Labute approximate surface area is 138 Å². The first-order valence-electron chi connectivity index (χ1n) is 7.06. The van der Waals surface area contributed by atoms with Crippen LogP contribution in [0.4, 0.5) is 0 Å². The molecule has 0 atom stereocenters. The van der Waals surface area contributed by atoms with Gasteiger partial charge in [-0.25, -0.2) is 18.1 Å². The molecule has 0 aliphatic carbocycles. The zero-order valence-electron chi connectivity index (χ0n) is 13.4. The van der Waals surface area contributed by atoms with E-state index in [0.29, 0.717) is 5.75 Å². The Hall–Kier alpha value is -2.68. The number of aryl methyl sites for hydroxylation is 1. The summed E-state index contributed by atoms with van der Waals surface area (Å²) < 4.78 is 31.5. The average molecular weight is 348 g/mol. The maximum Gasteiger partial charge on any atom is 0.266 e. The summed E-state index contributed by atoms with van der Waals surface area (Å²) >= 11 is 0. The molecule has 0 bridgehead atoms. The van der Waals surface area contributed by atoms with E-state index in [-0.39, 0.29) is 22.6 Å². The molecule has 0 aliphatic heterocycles. The topological polar surface area (TPSA) is 96.1 Å². The molecule has 8 nitrogen and oxygen atoms in total. The summed E-state index contributed by atoms with van der Waals surface area (Å²) in [7, 11) is -0.503. The normalized spacial score (nSPS) is 11.8. The summed E-state index contributed by atoms with van der Waals surface area (Å²) in [6.07, 6.45) is 2.41. The summed E-state index contributed by atoms with van der Waals surface area (Å²) in [5.41, 5.74) is 0.666. The number of sulfone groups is 1. The van der Waals surface area contributed by atoms with Gasteiger partial charge in [-0.1, -0.05) is 12.1 Å². The van der Waals surface area contributed by atoms with Crippen LogP contribution < -0.4 is 10.3 Å². The van der Waals surface area contributed by atoms with Crippen LogP contribution >= 0.6 is 0 Å². The Bertz CT molecular complexity index is 1070. The molecule has 3 rings (SSSR count).